The number of alkyl halides is 5. The number of rotatable bonds is 8. The number of anilines is 2. The summed E-state index contributed by atoms with van der Waals surface area (Å²) in [5.74, 6) is -0.340. The average molecular weight is 596 g/mol. The van der Waals surface area contributed by atoms with Gasteiger partial charge in [0, 0.05) is 34.9 Å². The summed E-state index contributed by atoms with van der Waals surface area (Å²) in [6.07, 6.45) is -3.32. The Morgan fingerprint density at radius 3 is 2.45 bits per heavy atom. The number of benzene rings is 3. The van der Waals surface area contributed by atoms with Gasteiger partial charge in [-0.25, -0.2) is 12.4 Å². The highest BCUT2D eigenvalue weighted by molar-refractivity contribution is 7.90. The Hall–Kier alpha value is -3.06. The van der Waals surface area contributed by atoms with Crippen LogP contribution < -0.4 is 15.4 Å². The van der Waals surface area contributed by atoms with Gasteiger partial charge in [0.2, 0.25) is 0 Å². The smallest absolute Gasteiger partial charge is 0.418 e. The molecule has 4 aromatic rings. The van der Waals surface area contributed by atoms with Crippen molar-refractivity contribution in [1.82, 2.24) is 9.29 Å². The Balaban J connectivity index is 0.00000400. The molecular weight excluding hydrogens is 576 g/mol. The number of ether oxygens (including phenoxy) is 1. The molecule has 3 aromatic carbocycles. The number of aromatic nitrogens is 1. The molecule has 0 saturated heterocycles. The molecule has 0 amide bonds. The maximum atomic E-state index is 13.5. The lowest BCUT2D eigenvalue weighted by Crippen LogP contribution is -2.13. The second-order valence-corrected chi connectivity index (χ2v) is 10.1. The summed E-state index contributed by atoms with van der Waals surface area (Å²) in [4.78, 5) is -0.311. The van der Waals surface area contributed by atoms with E-state index in [2.05, 4.69) is 15.4 Å². The monoisotopic (exact) mass is 595 g/mol. The lowest BCUT2D eigenvalue weighted by atomic mass is 10.1. The van der Waals surface area contributed by atoms with Gasteiger partial charge in [0.25, 0.3) is 10.0 Å². The topological polar surface area (TPSA) is 72.4 Å². The molecule has 0 unspecified atom stereocenters. The first-order chi connectivity index (χ1) is 17.4. The predicted octanol–water partition coefficient (Wildman–Crippen LogP) is 7.04. The number of nitrogens with zero attached hydrogens (tertiary/aromatic N) is 1. The van der Waals surface area contributed by atoms with Crippen LogP contribution in [0.25, 0.3) is 10.9 Å². The molecule has 0 aliphatic rings. The van der Waals surface area contributed by atoms with Crippen LogP contribution >= 0.6 is 24.0 Å². The number of nitrogens with one attached hydrogen (secondary N) is 2. The summed E-state index contributed by atoms with van der Waals surface area (Å²) in [6, 6.07) is 12.4. The van der Waals surface area contributed by atoms with Crippen molar-refractivity contribution in [2.75, 3.05) is 12.4 Å². The first-order valence-electron chi connectivity index (χ1n) is 10.6. The van der Waals surface area contributed by atoms with Crippen LogP contribution in [-0.2, 0) is 22.7 Å². The number of hydrogen-bond donors (Lipinski definition) is 2. The fraction of sp³-hybridized carbons (Fsp3) is 0.167. The summed E-state index contributed by atoms with van der Waals surface area (Å²) < 4.78 is 98.2. The van der Waals surface area contributed by atoms with Crippen LogP contribution in [0.1, 0.15) is 11.1 Å². The summed E-state index contributed by atoms with van der Waals surface area (Å²) in [5.41, 5.74) is -0.326. The maximum Gasteiger partial charge on any atom is 0.418 e. The van der Waals surface area contributed by atoms with E-state index in [4.69, 9.17) is 11.6 Å². The Kier molecular flexibility index (Phi) is 8.82. The molecule has 4 rings (SSSR count). The minimum atomic E-state index is -4.69. The van der Waals surface area contributed by atoms with E-state index in [1.165, 1.54) is 48.7 Å². The molecule has 0 aliphatic heterocycles. The second kappa shape index (κ2) is 11.4. The molecule has 0 bridgehead atoms. The van der Waals surface area contributed by atoms with Gasteiger partial charge in [-0.3, -0.25) is 0 Å². The van der Waals surface area contributed by atoms with E-state index in [1.807, 2.05) is 0 Å². The van der Waals surface area contributed by atoms with Crippen LogP contribution in [0.2, 0.25) is 5.02 Å². The van der Waals surface area contributed by atoms with Crippen molar-refractivity contribution >= 4 is 56.3 Å². The van der Waals surface area contributed by atoms with E-state index in [-0.39, 0.29) is 51.5 Å². The molecule has 0 atom stereocenters. The molecule has 1 heterocycles. The Bertz CT molecular complexity index is 1560. The molecular formula is C24H20Cl2F5N3O3S. The van der Waals surface area contributed by atoms with Gasteiger partial charge in [-0.15, -0.1) is 12.4 Å². The highest BCUT2D eigenvalue weighted by Crippen LogP contribution is 2.38. The third-order valence-corrected chi connectivity index (χ3v) is 7.28. The van der Waals surface area contributed by atoms with E-state index in [0.717, 1.165) is 16.1 Å². The van der Waals surface area contributed by atoms with Crippen LogP contribution in [0.5, 0.6) is 5.75 Å². The van der Waals surface area contributed by atoms with Gasteiger partial charge in [-0.2, -0.15) is 22.0 Å². The Morgan fingerprint density at radius 2 is 1.79 bits per heavy atom. The fourth-order valence-electron chi connectivity index (χ4n) is 3.81. The Labute approximate surface area is 225 Å². The Morgan fingerprint density at radius 1 is 1.05 bits per heavy atom. The van der Waals surface area contributed by atoms with E-state index in [0.29, 0.717) is 10.9 Å². The SMILES string of the molecule is CNCc1cn(S(=O)(=O)c2cccc(OC(F)F)c2)c2cc(Nc3ccc(Cl)cc3C(F)(F)F)ccc12.Cl. The van der Waals surface area contributed by atoms with Crippen LogP contribution in [0.15, 0.2) is 71.8 Å². The minimum Gasteiger partial charge on any atom is -0.435 e. The third-order valence-electron chi connectivity index (χ3n) is 5.37. The zero-order valence-corrected chi connectivity index (χ0v) is 21.8. The summed E-state index contributed by atoms with van der Waals surface area (Å²) in [7, 11) is -2.64. The van der Waals surface area contributed by atoms with Gasteiger partial charge in [0.15, 0.2) is 0 Å². The quantitative estimate of drug-likeness (QED) is 0.214. The summed E-state index contributed by atoms with van der Waals surface area (Å²) in [6.45, 7) is -2.86. The molecule has 0 fully saturated rings. The largest absolute Gasteiger partial charge is 0.435 e. The number of fused-ring (bicyclic) bond motifs is 1. The van der Waals surface area contributed by atoms with Crippen molar-refractivity contribution in [2.45, 2.75) is 24.2 Å². The molecule has 204 valence electrons. The van der Waals surface area contributed by atoms with Crippen LogP contribution in [-0.4, -0.2) is 26.0 Å². The van der Waals surface area contributed by atoms with Crippen molar-refractivity contribution in [3.05, 3.63) is 83.0 Å². The van der Waals surface area contributed by atoms with Crippen LogP contribution in [0, 0.1) is 0 Å². The van der Waals surface area contributed by atoms with Crippen molar-refractivity contribution in [3.63, 3.8) is 0 Å². The average Bonchev–Trinajstić information content (AvgIpc) is 3.18. The van der Waals surface area contributed by atoms with Gasteiger partial charge in [0.1, 0.15) is 5.75 Å². The molecule has 0 radical (unpaired) electrons. The zero-order chi connectivity index (χ0) is 27.0. The first kappa shape index (κ1) is 29.5. The normalized spacial score (nSPS) is 12.0. The van der Waals surface area contributed by atoms with E-state index in [9.17, 15) is 30.4 Å². The second-order valence-electron chi connectivity index (χ2n) is 7.88. The van der Waals surface area contributed by atoms with Gasteiger partial charge < -0.3 is 15.4 Å². The molecule has 38 heavy (non-hydrogen) atoms. The summed E-state index contributed by atoms with van der Waals surface area (Å²) in [5, 5.41) is 6.04. The highest BCUT2D eigenvalue weighted by Gasteiger charge is 2.34. The summed E-state index contributed by atoms with van der Waals surface area (Å²) >= 11 is 5.75. The fourth-order valence-corrected chi connectivity index (χ4v) is 5.40. The number of hydrogen-bond acceptors (Lipinski definition) is 5. The molecule has 0 aliphatic carbocycles. The molecule has 6 nitrogen and oxygen atoms in total. The molecule has 14 heteroatoms. The van der Waals surface area contributed by atoms with Gasteiger partial charge >= 0.3 is 12.8 Å². The van der Waals surface area contributed by atoms with Crippen molar-refractivity contribution in [3.8, 4) is 5.75 Å². The minimum absolute atomic E-state index is 0. The molecule has 1 aromatic heterocycles. The van der Waals surface area contributed by atoms with Crippen molar-refractivity contribution < 1.29 is 35.1 Å². The number of halogens is 7. The van der Waals surface area contributed by atoms with Crippen molar-refractivity contribution in [2.24, 2.45) is 0 Å². The third kappa shape index (κ3) is 6.15. The van der Waals surface area contributed by atoms with Crippen LogP contribution in [0.3, 0.4) is 0 Å². The molecule has 0 spiro atoms. The highest BCUT2D eigenvalue weighted by atomic mass is 35.5. The predicted molar refractivity (Wildman–Crippen MR) is 137 cm³/mol. The zero-order valence-electron chi connectivity index (χ0n) is 19.4. The lowest BCUT2D eigenvalue weighted by molar-refractivity contribution is -0.136. The lowest BCUT2D eigenvalue weighted by Gasteiger charge is -2.15. The van der Waals surface area contributed by atoms with Gasteiger partial charge in [-0.1, -0.05) is 23.7 Å². The van der Waals surface area contributed by atoms with Gasteiger partial charge in [-0.05, 0) is 55.1 Å². The van der Waals surface area contributed by atoms with E-state index < -0.39 is 28.4 Å². The first-order valence-corrected chi connectivity index (χ1v) is 12.4. The van der Waals surface area contributed by atoms with E-state index in [1.54, 1.807) is 13.1 Å². The molecule has 2 N–H and O–H groups in total. The van der Waals surface area contributed by atoms with Crippen LogP contribution in [0.4, 0.5) is 33.3 Å². The van der Waals surface area contributed by atoms with Gasteiger partial charge in [0.05, 0.1) is 21.7 Å². The maximum absolute atomic E-state index is 13.5. The standard InChI is InChI=1S/C24H19ClF5N3O3S.ClH/c1-31-12-14-13-33(37(34,35)18-4-2-3-17(11-18)36-23(26)27)22-10-16(6-7-19(14)22)32-21-8-5-15(25)9-20(21)24(28,29)30;/h2-11,13,23,31-32H,12H2,1H3;1H. The van der Waals surface area contributed by atoms with Crippen molar-refractivity contribution in [1.29, 1.82) is 0 Å². The van der Waals surface area contributed by atoms with E-state index >= 15 is 0 Å². The molecule has 0 saturated carbocycles.